The van der Waals surface area contributed by atoms with Gasteiger partial charge in [0.15, 0.2) is 11.4 Å². The van der Waals surface area contributed by atoms with E-state index in [9.17, 15) is 8.42 Å². The van der Waals surface area contributed by atoms with Crippen LogP contribution in [0.4, 0.5) is 11.4 Å². The highest BCUT2D eigenvalue weighted by molar-refractivity contribution is 7.91. The summed E-state index contributed by atoms with van der Waals surface area (Å²) in [5.74, 6) is 0.0614. The standard InChI is InChI=1S/C24H26N4O4S/c25-17-7-9-21(19(15-17)31-23(27)11-3-1-4-12-23)33(29,30)22-10-8-18(26)16-20(22)32-24(28)13-5-2-6-14-24/h1-11,13,15-16H,12,14,25-28H2. The smallest absolute Gasteiger partial charge is 0.213 e. The van der Waals surface area contributed by atoms with E-state index in [4.69, 9.17) is 32.4 Å². The second-order valence-corrected chi connectivity index (χ2v) is 9.90. The van der Waals surface area contributed by atoms with E-state index >= 15 is 0 Å². The van der Waals surface area contributed by atoms with Crippen LogP contribution in [0.5, 0.6) is 11.5 Å². The highest BCUT2D eigenvalue weighted by Gasteiger charge is 2.33. The molecular weight excluding hydrogens is 440 g/mol. The van der Waals surface area contributed by atoms with Crippen molar-refractivity contribution in [1.29, 1.82) is 0 Å². The number of hydrogen-bond donors (Lipinski definition) is 4. The molecule has 2 atom stereocenters. The average Bonchev–Trinajstić information content (AvgIpc) is 2.74. The fourth-order valence-electron chi connectivity index (χ4n) is 3.57. The predicted octanol–water partition coefficient (Wildman–Crippen LogP) is 2.78. The van der Waals surface area contributed by atoms with Gasteiger partial charge < -0.3 is 20.9 Å². The van der Waals surface area contributed by atoms with Gasteiger partial charge in [0.2, 0.25) is 9.84 Å². The molecule has 0 saturated carbocycles. The number of anilines is 2. The zero-order chi connectivity index (χ0) is 23.7. The van der Waals surface area contributed by atoms with Crippen LogP contribution in [-0.4, -0.2) is 19.9 Å². The maximum Gasteiger partial charge on any atom is 0.213 e. The topological polar surface area (TPSA) is 157 Å². The minimum absolute atomic E-state index is 0.0307. The second-order valence-electron chi connectivity index (χ2n) is 8.01. The van der Waals surface area contributed by atoms with Crippen LogP contribution in [0.1, 0.15) is 12.8 Å². The second kappa shape index (κ2) is 8.43. The molecule has 2 aliphatic carbocycles. The summed E-state index contributed by atoms with van der Waals surface area (Å²) >= 11 is 0. The molecule has 8 N–H and O–H groups in total. The zero-order valence-electron chi connectivity index (χ0n) is 17.8. The van der Waals surface area contributed by atoms with E-state index in [1.165, 1.54) is 36.4 Å². The monoisotopic (exact) mass is 466 g/mol. The lowest BCUT2D eigenvalue weighted by Gasteiger charge is -2.30. The fraction of sp³-hybridized carbons (Fsp3) is 0.167. The first-order valence-electron chi connectivity index (χ1n) is 10.3. The Kier molecular flexibility index (Phi) is 5.79. The lowest BCUT2D eigenvalue weighted by molar-refractivity contribution is 0.124. The van der Waals surface area contributed by atoms with Gasteiger partial charge in [-0.05, 0) is 36.4 Å². The van der Waals surface area contributed by atoms with Crippen molar-refractivity contribution in [3.8, 4) is 11.5 Å². The van der Waals surface area contributed by atoms with Gasteiger partial charge in [0.1, 0.15) is 21.3 Å². The highest BCUT2D eigenvalue weighted by Crippen LogP contribution is 2.39. The van der Waals surface area contributed by atoms with Crippen molar-refractivity contribution in [2.45, 2.75) is 34.1 Å². The molecule has 8 nitrogen and oxygen atoms in total. The van der Waals surface area contributed by atoms with Crippen molar-refractivity contribution in [3.63, 3.8) is 0 Å². The van der Waals surface area contributed by atoms with E-state index in [1.807, 2.05) is 24.3 Å². The molecule has 9 heteroatoms. The summed E-state index contributed by atoms with van der Waals surface area (Å²) in [7, 11) is -4.15. The number of sulfone groups is 1. The third-order valence-electron chi connectivity index (χ3n) is 5.24. The van der Waals surface area contributed by atoms with Gasteiger partial charge in [0.25, 0.3) is 0 Å². The number of nitrogens with two attached hydrogens (primary N) is 4. The molecule has 0 bridgehead atoms. The molecule has 2 aliphatic rings. The van der Waals surface area contributed by atoms with Crippen LogP contribution < -0.4 is 32.4 Å². The summed E-state index contributed by atoms with van der Waals surface area (Å²) in [5.41, 5.74) is 22.7. The average molecular weight is 467 g/mol. The maximum atomic E-state index is 13.8. The normalized spacial score (nSPS) is 24.1. The van der Waals surface area contributed by atoms with Gasteiger partial charge in [-0.3, -0.25) is 11.5 Å². The minimum atomic E-state index is -4.15. The van der Waals surface area contributed by atoms with E-state index in [0.29, 0.717) is 24.2 Å². The van der Waals surface area contributed by atoms with Gasteiger partial charge in [-0.1, -0.05) is 36.5 Å². The number of benzene rings is 2. The Bertz CT molecular complexity index is 1210. The van der Waals surface area contributed by atoms with Crippen molar-refractivity contribution in [2.24, 2.45) is 11.5 Å². The summed E-state index contributed by atoms with van der Waals surface area (Å²) in [5, 5.41) is 0. The van der Waals surface area contributed by atoms with Gasteiger partial charge >= 0.3 is 0 Å². The van der Waals surface area contributed by atoms with E-state index in [0.717, 1.165) is 0 Å². The van der Waals surface area contributed by atoms with Gasteiger partial charge in [0, 0.05) is 36.3 Å². The van der Waals surface area contributed by atoms with E-state index < -0.39 is 21.3 Å². The Morgan fingerprint density at radius 1 is 0.697 bits per heavy atom. The first kappa shape index (κ1) is 22.7. The van der Waals surface area contributed by atoms with Gasteiger partial charge in [-0.25, -0.2) is 8.42 Å². The Hall–Kier alpha value is -3.53. The lowest BCUT2D eigenvalue weighted by atomic mass is 10.1. The molecule has 0 radical (unpaired) electrons. The number of nitrogen functional groups attached to an aromatic ring is 2. The molecule has 2 aromatic carbocycles. The van der Waals surface area contributed by atoms with Crippen LogP contribution >= 0.6 is 0 Å². The first-order valence-corrected chi connectivity index (χ1v) is 11.8. The molecule has 0 saturated heterocycles. The van der Waals surface area contributed by atoms with E-state index in [2.05, 4.69) is 0 Å². The van der Waals surface area contributed by atoms with Gasteiger partial charge in [-0.2, -0.15) is 0 Å². The zero-order valence-corrected chi connectivity index (χ0v) is 18.7. The van der Waals surface area contributed by atoms with Gasteiger partial charge in [0.05, 0.1) is 0 Å². The Morgan fingerprint density at radius 3 is 1.48 bits per heavy atom. The third kappa shape index (κ3) is 4.80. The quantitative estimate of drug-likeness (QED) is 0.374. The summed E-state index contributed by atoms with van der Waals surface area (Å²) < 4.78 is 39.5. The maximum absolute atomic E-state index is 13.8. The van der Waals surface area contributed by atoms with Crippen molar-refractivity contribution in [2.75, 3.05) is 11.5 Å². The molecular formula is C24H26N4O4S. The molecule has 2 unspecified atom stereocenters. The minimum Gasteiger partial charge on any atom is -0.468 e. The van der Waals surface area contributed by atoms with Crippen LogP contribution in [-0.2, 0) is 9.84 Å². The predicted molar refractivity (Wildman–Crippen MR) is 128 cm³/mol. The summed E-state index contributed by atoms with van der Waals surface area (Å²) in [6.07, 6.45) is 14.9. The molecule has 2 aromatic rings. The van der Waals surface area contributed by atoms with Crippen LogP contribution in [0.3, 0.4) is 0 Å². The molecule has 0 spiro atoms. The van der Waals surface area contributed by atoms with Gasteiger partial charge in [-0.15, -0.1) is 0 Å². The third-order valence-corrected chi connectivity index (χ3v) is 7.07. The van der Waals surface area contributed by atoms with E-state index in [-0.39, 0.29) is 21.3 Å². The molecule has 0 amide bonds. The molecule has 172 valence electrons. The van der Waals surface area contributed by atoms with Crippen molar-refractivity contribution in [1.82, 2.24) is 0 Å². The van der Waals surface area contributed by atoms with Crippen LogP contribution in [0.2, 0.25) is 0 Å². The largest absolute Gasteiger partial charge is 0.468 e. The van der Waals surface area contributed by atoms with Crippen molar-refractivity contribution >= 4 is 21.2 Å². The number of hydrogen-bond acceptors (Lipinski definition) is 8. The summed E-state index contributed by atoms with van der Waals surface area (Å²) in [6.45, 7) is 0. The number of rotatable bonds is 6. The molecule has 33 heavy (non-hydrogen) atoms. The summed E-state index contributed by atoms with van der Waals surface area (Å²) in [6, 6.07) is 8.60. The van der Waals surface area contributed by atoms with Crippen LogP contribution in [0.25, 0.3) is 0 Å². The highest BCUT2D eigenvalue weighted by atomic mass is 32.2. The molecule has 0 heterocycles. The van der Waals surface area contributed by atoms with E-state index in [1.54, 1.807) is 24.3 Å². The van der Waals surface area contributed by atoms with Crippen molar-refractivity contribution in [3.05, 3.63) is 85.0 Å². The Morgan fingerprint density at radius 2 is 1.12 bits per heavy atom. The SMILES string of the molecule is Nc1ccc(S(=O)(=O)c2ccc(N)cc2OC2(N)C=CC=CC2)c(OC2(N)C=CC=CC2)c1. The molecule has 0 fully saturated rings. The van der Waals surface area contributed by atoms with Crippen molar-refractivity contribution < 1.29 is 17.9 Å². The number of ether oxygens (including phenoxy) is 2. The molecule has 0 aromatic heterocycles. The lowest BCUT2D eigenvalue weighted by Crippen LogP contribution is -2.44. The van der Waals surface area contributed by atoms with Crippen LogP contribution in [0, 0.1) is 0 Å². The Balaban J connectivity index is 1.78. The first-order chi connectivity index (χ1) is 15.6. The number of allylic oxidation sites excluding steroid dienone is 4. The fourth-order valence-corrected chi connectivity index (χ4v) is 5.03. The molecule has 0 aliphatic heterocycles. The molecule has 4 rings (SSSR count). The van der Waals surface area contributed by atoms with Crippen LogP contribution in [0.15, 0.2) is 94.8 Å². The summed E-state index contributed by atoms with van der Waals surface area (Å²) in [4.78, 5) is -0.214. The Labute approximate surface area is 192 Å².